The van der Waals surface area contributed by atoms with E-state index in [1.54, 1.807) is 7.11 Å². The first kappa shape index (κ1) is 17.8. The predicted octanol–water partition coefficient (Wildman–Crippen LogP) is 3.52. The first-order valence-electron chi connectivity index (χ1n) is 9.29. The second kappa shape index (κ2) is 7.46. The minimum absolute atomic E-state index is 0.0726. The number of hydrogen-bond donors (Lipinski definition) is 1. The van der Waals surface area contributed by atoms with Gasteiger partial charge >= 0.3 is 6.03 Å². The summed E-state index contributed by atoms with van der Waals surface area (Å²) in [5, 5.41) is 2.93. The summed E-state index contributed by atoms with van der Waals surface area (Å²) in [6.45, 7) is 2.42. The summed E-state index contributed by atoms with van der Waals surface area (Å²) in [4.78, 5) is 26.7. The van der Waals surface area contributed by atoms with Gasteiger partial charge < -0.3 is 10.1 Å². The third-order valence-corrected chi connectivity index (χ3v) is 5.58. The van der Waals surface area contributed by atoms with Gasteiger partial charge in [0.25, 0.3) is 5.91 Å². The second-order valence-corrected chi connectivity index (χ2v) is 7.53. The molecular weight excluding hydrogens is 316 g/mol. The number of hydrogen-bond acceptors (Lipinski definition) is 3. The standard InChI is InChI=1S/C20H28N2O3/c1-20(13-12-15-8-10-17(25-2)11-9-15)18(23)22(19(24)21-20)14-16-6-4-3-5-7-16/h8-11,16H,3-7,12-14H2,1-2H3,(H,21,24). The van der Waals surface area contributed by atoms with Crippen LogP contribution >= 0.6 is 0 Å². The molecule has 1 aliphatic carbocycles. The largest absolute Gasteiger partial charge is 0.497 e. The van der Waals surface area contributed by atoms with Gasteiger partial charge in [0.2, 0.25) is 0 Å². The maximum absolute atomic E-state index is 12.9. The molecule has 1 aliphatic heterocycles. The van der Waals surface area contributed by atoms with Crippen LogP contribution in [0.4, 0.5) is 4.79 Å². The van der Waals surface area contributed by atoms with Crippen molar-refractivity contribution in [1.82, 2.24) is 10.2 Å². The number of ether oxygens (including phenoxy) is 1. The number of aryl methyl sites for hydroxylation is 1. The highest BCUT2D eigenvalue weighted by atomic mass is 16.5. The van der Waals surface area contributed by atoms with Gasteiger partial charge in [-0.3, -0.25) is 9.69 Å². The lowest BCUT2D eigenvalue weighted by Crippen LogP contribution is -2.44. The van der Waals surface area contributed by atoms with Crippen LogP contribution in [0.25, 0.3) is 0 Å². The van der Waals surface area contributed by atoms with Crippen molar-refractivity contribution in [1.29, 1.82) is 0 Å². The maximum atomic E-state index is 12.9. The summed E-state index contributed by atoms with van der Waals surface area (Å²) >= 11 is 0. The molecule has 136 valence electrons. The molecule has 25 heavy (non-hydrogen) atoms. The third-order valence-electron chi connectivity index (χ3n) is 5.58. The summed E-state index contributed by atoms with van der Waals surface area (Å²) in [6.07, 6.45) is 7.29. The van der Waals surface area contributed by atoms with E-state index >= 15 is 0 Å². The number of carbonyl (C=O) groups excluding carboxylic acids is 2. The Labute approximate surface area is 149 Å². The summed E-state index contributed by atoms with van der Waals surface area (Å²) < 4.78 is 5.17. The van der Waals surface area contributed by atoms with Crippen LogP contribution in [0.3, 0.4) is 0 Å². The van der Waals surface area contributed by atoms with E-state index in [2.05, 4.69) is 5.32 Å². The molecule has 0 bridgehead atoms. The van der Waals surface area contributed by atoms with Gasteiger partial charge in [-0.05, 0) is 56.2 Å². The van der Waals surface area contributed by atoms with Gasteiger partial charge in [0.1, 0.15) is 11.3 Å². The van der Waals surface area contributed by atoms with Crippen molar-refractivity contribution >= 4 is 11.9 Å². The maximum Gasteiger partial charge on any atom is 0.325 e. The monoisotopic (exact) mass is 344 g/mol. The molecule has 1 saturated heterocycles. The van der Waals surface area contributed by atoms with Crippen molar-refractivity contribution in [2.45, 2.75) is 57.4 Å². The average Bonchev–Trinajstić information content (AvgIpc) is 2.85. The van der Waals surface area contributed by atoms with E-state index in [0.29, 0.717) is 18.9 Å². The van der Waals surface area contributed by atoms with E-state index in [1.807, 2.05) is 31.2 Å². The molecule has 1 unspecified atom stereocenters. The first-order valence-corrected chi connectivity index (χ1v) is 9.29. The highest BCUT2D eigenvalue weighted by molar-refractivity contribution is 6.06. The van der Waals surface area contributed by atoms with Gasteiger partial charge in [-0.15, -0.1) is 0 Å². The lowest BCUT2D eigenvalue weighted by atomic mass is 9.88. The van der Waals surface area contributed by atoms with E-state index in [4.69, 9.17) is 4.74 Å². The Bertz CT molecular complexity index is 622. The van der Waals surface area contributed by atoms with E-state index in [-0.39, 0.29) is 11.9 Å². The molecule has 0 aromatic heterocycles. The van der Waals surface area contributed by atoms with Crippen molar-refractivity contribution in [2.75, 3.05) is 13.7 Å². The predicted molar refractivity (Wildman–Crippen MR) is 96.5 cm³/mol. The molecule has 1 aromatic rings. The minimum atomic E-state index is -0.800. The molecule has 5 nitrogen and oxygen atoms in total. The van der Waals surface area contributed by atoms with E-state index < -0.39 is 5.54 Å². The molecule has 3 amide bonds. The molecule has 1 heterocycles. The zero-order valence-corrected chi connectivity index (χ0v) is 15.2. The Hall–Kier alpha value is -2.04. The first-order chi connectivity index (χ1) is 12.0. The van der Waals surface area contributed by atoms with Crippen molar-refractivity contribution in [3.63, 3.8) is 0 Å². The number of carbonyl (C=O) groups is 2. The zero-order valence-electron chi connectivity index (χ0n) is 15.2. The van der Waals surface area contributed by atoms with E-state index in [1.165, 1.54) is 24.2 Å². The Balaban J connectivity index is 1.60. The van der Waals surface area contributed by atoms with Crippen LogP contribution in [0, 0.1) is 5.92 Å². The lowest BCUT2D eigenvalue weighted by Gasteiger charge is -2.26. The van der Waals surface area contributed by atoms with Crippen LogP contribution in [0.15, 0.2) is 24.3 Å². The smallest absolute Gasteiger partial charge is 0.325 e. The van der Waals surface area contributed by atoms with Gasteiger partial charge in [0.15, 0.2) is 0 Å². The van der Waals surface area contributed by atoms with Crippen LogP contribution in [0.2, 0.25) is 0 Å². The fourth-order valence-electron chi connectivity index (χ4n) is 3.90. The van der Waals surface area contributed by atoms with Crippen LogP contribution in [0.5, 0.6) is 5.75 Å². The molecule has 1 aromatic carbocycles. The number of rotatable bonds is 6. The quantitative estimate of drug-likeness (QED) is 0.803. The molecule has 2 aliphatic rings. The Morgan fingerprint density at radius 3 is 2.48 bits per heavy atom. The van der Waals surface area contributed by atoms with Crippen molar-refractivity contribution in [2.24, 2.45) is 5.92 Å². The molecule has 5 heteroatoms. The van der Waals surface area contributed by atoms with Gasteiger partial charge in [-0.2, -0.15) is 0 Å². The van der Waals surface area contributed by atoms with Crippen molar-refractivity contribution in [3.05, 3.63) is 29.8 Å². The fourth-order valence-corrected chi connectivity index (χ4v) is 3.90. The molecule has 1 N–H and O–H groups in total. The van der Waals surface area contributed by atoms with Gasteiger partial charge in [0, 0.05) is 6.54 Å². The van der Waals surface area contributed by atoms with Gasteiger partial charge in [0.05, 0.1) is 7.11 Å². The number of nitrogens with one attached hydrogen (secondary N) is 1. The SMILES string of the molecule is COc1ccc(CCC2(C)NC(=O)N(CC3CCCCC3)C2=O)cc1. The highest BCUT2D eigenvalue weighted by Gasteiger charge is 2.47. The molecule has 2 fully saturated rings. The topological polar surface area (TPSA) is 58.6 Å². The normalized spacial score (nSPS) is 24.5. The fraction of sp³-hybridized carbons (Fsp3) is 0.600. The van der Waals surface area contributed by atoms with Crippen molar-refractivity contribution in [3.8, 4) is 5.75 Å². The zero-order chi connectivity index (χ0) is 17.9. The van der Waals surface area contributed by atoms with E-state index in [0.717, 1.165) is 30.6 Å². The number of urea groups is 1. The molecule has 0 radical (unpaired) electrons. The van der Waals surface area contributed by atoms with Crippen LogP contribution in [0.1, 0.15) is 51.0 Å². The summed E-state index contributed by atoms with van der Waals surface area (Å²) in [5.74, 6) is 1.21. The number of benzene rings is 1. The highest BCUT2D eigenvalue weighted by Crippen LogP contribution is 2.29. The second-order valence-electron chi connectivity index (χ2n) is 7.53. The number of amides is 3. The lowest BCUT2D eigenvalue weighted by molar-refractivity contribution is -0.131. The summed E-state index contributed by atoms with van der Waals surface area (Å²) in [6, 6.07) is 7.62. The number of methoxy groups -OCH3 is 1. The summed E-state index contributed by atoms with van der Waals surface area (Å²) in [5.41, 5.74) is 0.334. The molecule has 1 atom stereocenters. The molecule has 3 rings (SSSR count). The molecular formula is C20H28N2O3. The Morgan fingerprint density at radius 2 is 1.84 bits per heavy atom. The molecule has 1 saturated carbocycles. The third kappa shape index (κ3) is 3.97. The van der Waals surface area contributed by atoms with Crippen LogP contribution < -0.4 is 10.1 Å². The van der Waals surface area contributed by atoms with Gasteiger partial charge in [-0.25, -0.2) is 4.79 Å². The average molecular weight is 344 g/mol. The van der Waals surface area contributed by atoms with Crippen molar-refractivity contribution < 1.29 is 14.3 Å². The Kier molecular flexibility index (Phi) is 5.30. The van der Waals surface area contributed by atoms with Gasteiger partial charge in [-0.1, -0.05) is 31.4 Å². The number of imide groups is 1. The Morgan fingerprint density at radius 1 is 1.16 bits per heavy atom. The van der Waals surface area contributed by atoms with Crippen LogP contribution in [-0.4, -0.2) is 36.0 Å². The van der Waals surface area contributed by atoms with Crippen LogP contribution in [-0.2, 0) is 11.2 Å². The van der Waals surface area contributed by atoms with E-state index in [9.17, 15) is 9.59 Å². The minimum Gasteiger partial charge on any atom is -0.497 e. The molecule has 0 spiro atoms. The number of nitrogens with zero attached hydrogens (tertiary/aromatic N) is 1. The summed E-state index contributed by atoms with van der Waals surface area (Å²) in [7, 11) is 1.64.